The Morgan fingerprint density at radius 1 is 1.11 bits per heavy atom. The summed E-state index contributed by atoms with van der Waals surface area (Å²) >= 11 is 0. The van der Waals surface area contributed by atoms with Crippen molar-refractivity contribution in [3.63, 3.8) is 0 Å². The second kappa shape index (κ2) is 11.2. The molecule has 2 aliphatic heterocycles. The molecule has 2 aromatic carbocycles. The first-order valence-corrected chi connectivity index (χ1v) is 12.9. The van der Waals surface area contributed by atoms with E-state index in [0.717, 1.165) is 49.4 Å². The van der Waals surface area contributed by atoms with Gasteiger partial charge in [-0.3, -0.25) is 9.59 Å². The maximum absolute atomic E-state index is 13.3. The molecule has 36 heavy (non-hydrogen) atoms. The number of hydrogen-bond acceptors (Lipinski definition) is 6. The number of nitrogens with zero attached hydrogens (tertiary/aromatic N) is 2. The Morgan fingerprint density at radius 3 is 2.50 bits per heavy atom. The van der Waals surface area contributed by atoms with Gasteiger partial charge in [0.15, 0.2) is 0 Å². The predicted molar refractivity (Wildman–Crippen MR) is 139 cm³/mol. The summed E-state index contributed by atoms with van der Waals surface area (Å²) in [4.78, 5) is 30.4. The third-order valence-corrected chi connectivity index (χ3v) is 6.98. The molecule has 1 amide bonds. The van der Waals surface area contributed by atoms with Gasteiger partial charge in [0.25, 0.3) is 11.7 Å². The molecular weight excluding hydrogens is 456 g/mol. The fourth-order valence-electron chi connectivity index (χ4n) is 5.10. The number of likely N-dealkylation sites (tertiary alicyclic amines) is 1. The highest BCUT2D eigenvalue weighted by Gasteiger charge is 2.46. The van der Waals surface area contributed by atoms with Crippen molar-refractivity contribution in [2.75, 3.05) is 32.8 Å². The van der Waals surface area contributed by atoms with Gasteiger partial charge in [0.05, 0.1) is 18.2 Å². The van der Waals surface area contributed by atoms with E-state index in [9.17, 15) is 14.7 Å². The summed E-state index contributed by atoms with van der Waals surface area (Å²) in [5.41, 5.74) is 2.39. The van der Waals surface area contributed by atoms with Crippen LogP contribution in [0.5, 0.6) is 11.5 Å². The van der Waals surface area contributed by atoms with Crippen molar-refractivity contribution in [3.8, 4) is 11.5 Å². The van der Waals surface area contributed by atoms with Crippen molar-refractivity contribution in [1.29, 1.82) is 0 Å². The van der Waals surface area contributed by atoms with Crippen LogP contribution in [-0.2, 0) is 16.0 Å². The van der Waals surface area contributed by atoms with Crippen LogP contribution in [0.1, 0.15) is 56.8 Å². The van der Waals surface area contributed by atoms with E-state index in [-0.39, 0.29) is 17.4 Å². The molecule has 2 atom stereocenters. The minimum atomic E-state index is -0.666. The highest BCUT2D eigenvalue weighted by Crippen LogP contribution is 2.41. The molecule has 0 saturated carbocycles. The molecule has 0 radical (unpaired) electrons. The molecule has 1 N–H and O–H groups in total. The van der Waals surface area contributed by atoms with Crippen LogP contribution >= 0.6 is 0 Å². The van der Waals surface area contributed by atoms with Crippen LogP contribution in [0.2, 0.25) is 0 Å². The number of aliphatic hydroxyl groups excluding tert-OH is 1. The highest BCUT2D eigenvalue weighted by atomic mass is 16.5. The second-order valence-corrected chi connectivity index (χ2v) is 9.33. The van der Waals surface area contributed by atoms with Crippen molar-refractivity contribution in [2.24, 2.45) is 0 Å². The molecule has 192 valence electrons. The summed E-state index contributed by atoms with van der Waals surface area (Å²) in [6.45, 7) is 11.8. The SMILES string of the molecule is CCOc1ccc([C@H]2/C(=C(\O)c3ccc4c(c3)C[C@@H](C)O4)C(=O)C(=O)N2CCCN(CC)CC)cc1. The van der Waals surface area contributed by atoms with Crippen molar-refractivity contribution in [2.45, 2.75) is 52.7 Å². The van der Waals surface area contributed by atoms with Gasteiger partial charge in [0.1, 0.15) is 23.4 Å². The number of Topliss-reactive ketones (excluding diaryl/α,β-unsaturated/α-hetero) is 1. The van der Waals surface area contributed by atoms with Crippen LogP contribution in [0.25, 0.3) is 5.76 Å². The Morgan fingerprint density at radius 2 is 1.83 bits per heavy atom. The average Bonchev–Trinajstić information content (AvgIpc) is 3.37. The summed E-state index contributed by atoms with van der Waals surface area (Å²) in [5, 5.41) is 11.4. The van der Waals surface area contributed by atoms with E-state index in [2.05, 4.69) is 18.7 Å². The molecule has 7 heteroatoms. The van der Waals surface area contributed by atoms with E-state index in [0.29, 0.717) is 24.5 Å². The Hall–Kier alpha value is -3.32. The number of ether oxygens (including phenoxy) is 2. The smallest absolute Gasteiger partial charge is 0.295 e. The molecule has 0 bridgehead atoms. The number of aliphatic hydroxyl groups is 1. The van der Waals surface area contributed by atoms with E-state index >= 15 is 0 Å². The number of carbonyl (C=O) groups is 2. The number of fused-ring (bicyclic) bond motifs is 1. The maximum atomic E-state index is 13.3. The molecule has 1 fully saturated rings. The molecule has 0 spiro atoms. The lowest BCUT2D eigenvalue weighted by Gasteiger charge is -2.27. The number of benzene rings is 2. The monoisotopic (exact) mass is 492 g/mol. The van der Waals surface area contributed by atoms with Gasteiger partial charge in [-0.05, 0) is 81.4 Å². The fraction of sp³-hybridized carbons (Fsp3) is 0.448. The first kappa shape index (κ1) is 25.8. The lowest BCUT2D eigenvalue weighted by molar-refractivity contribution is -0.140. The molecular formula is C29H36N2O5. The van der Waals surface area contributed by atoms with Crippen LogP contribution in [0.15, 0.2) is 48.0 Å². The molecule has 2 aromatic rings. The zero-order chi connectivity index (χ0) is 25.8. The van der Waals surface area contributed by atoms with Crippen molar-refractivity contribution in [1.82, 2.24) is 9.80 Å². The Labute approximate surface area is 213 Å². The number of carbonyl (C=O) groups excluding carboxylic acids is 2. The quantitative estimate of drug-likeness (QED) is 0.298. The van der Waals surface area contributed by atoms with Crippen molar-refractivity contribution >= 4 is 17.4 Å². The van der Waals surface area contributed by atoms with Crippen LogP contribution in [-0.4, -0.2) is 65.5 Å². The third kappa shape index (κ3) is 5.12. The van der Waals surface area contributed by atoms with E-state index in [1.807, 2.05) is 50.2 Å². The van der Waals surface area contributed by atoms with Crippen LogP contribution in [0.4, 0.5) is 0 Å². The van der Waals surface area contributed by atoms with Crippen LogP contribution in [0.3, 0.4) is 0 Å². The standard InChI is InChI=1S/C29H36N2O5/c1-5-30(6-2)15-8-16-31-26(20-9-12-23(13-10-20)35-7-3)25(28(33)29(31)34)27(32)21-11-14-24-22(18-21)17-19(4)36-24/h9-14,18-19,26,32H,5-8,15-17H2,1-4H3/b27-25+/t19-,26+/m1/s1. The zero-order valence-electron chi connectivity index (χ0n) is 21.6. The molecule has 2 aliphatic rings. The topological polar surface area (TPSA) is 79.3 Å². The normalized spacial score (nSPS) is 20.6. The predicted octanol–water partition coefficient (Wildman–Crippen LogP) is 4.56. The minimum absolute atomic E-state index is 0.0673. The van der Waals surface area contributed by atoms with Gasteiger partial charge >= 0.3 is 0 Å². The van der Waals surface area contributed by atoms with E-state index < -0.39 is 17.7 Å². The second-order valence-electron chi connectivity index (χ2n) is 9.33. The lowest BCUT2D eigenvalue weighted by Crippen LogP contribution is -2.33. The van der Waals surface area contributed by atoms with Gasteiger partial charge in [0.2, 0.25) is 0 Å². The third-order valence-electron chi connectivity index (χ3n) is 6.98. The zero-order valence-corrected chi connectivity index (χ0v) is 21.6. The van der Waals surface area contributed by atoms with Gasteiger partial charge < -0.3 is 24.4 Å². The number of hydrogen-bond donors (Lipinski definition) is 1. The molecule has 0 aromatic heterocycles. The highest BCUT2D eigenvalue weighted by molar-refractivity contribution is 6.46. The van der Waals surface area contributed by atoms with Crippen molar-refractivity contribution < 1.29 is 24.2 Å². The Kier molecular flexibility index (Phi) is 7.99. The van der Waals surface area contributed by atoms with Gasteiger partial charge in [0, 0.05) is 18.5 Å². The summed E-state index contributed by atoms with van der Waals surface area (Å²) < 4.78 is 11.4. The molecule has 1 saturated heterocycles. The van der Waals surface area contributed by atoms with Gasteiger partial charge in [-0.1, -0.05) is 26.0 Å². The molecule has 4 rings (SSSR count). The van der Waals surface area contributed by atoms with Gasteiger partial charge in [-0.15, -0.1) is 0 Å². The fourth-order valence-corrected chi connectivity index (χ4v) is 5.10. The summed E-state index contributed by atoms with van der Waals surface area (Å²) in [5.74, 6) is 0.125. The number of rotatable bonds is 10. The molecule has 0 unspecified atom stereocenters. The average molecular weight is 493 g/mol. The van der Waals surface area contributed by atoms with Crippen molar-refractivity contribution in [3.05, 3.63) is 64.7 Å². The van der Waals surface area contributed by atoms with Gasteiger partial charge in [-0.2, -0.15) is 0 Å². The minimum Gasteiger partial charge on any atom is -0.507 e. The Balaban J connectivity index is 1.72. The summed E-state index contributed by atoms with van der Waals surface area (Å²) in [6, 6.07) is 12.2. The largest absolute Gasteiger partial charge is 0.507 e. The lowest BCUT2D eigenvalue weighted by atomic mass is 9.94. The summed E-state index contributed by atoms with van der Waals surface area (Å²) in [7, 11) is 0. The summed E-state index contributed by atoms with van der Waals surface area (Å²) in [6.07, 6.45) is 1.53. The van der Waals surface area contributed by atoms with Crippen LogP contribution < -0.4 is 9.47 Å². The van der Waals surface area contributed by atoms with Gasteiger partial charge in [-0.25, -0.2) is 0 Å². The first-order valence-electron chi connectivity index (χ1n) is 12.9. The van der Waals surface area contributed by atoms with E-state index in [1.165, 1.54) is 0 Å². The van der Waals surface area contributed by atoms with E-state index in [1.54, 1.807) is 11.0 Å². The molecule has 2 heterocycles. The molecule has 7 nitrogen and oxygen atoms in total. The Bertz CT molecular complexity index is 1140. The number of amides is 1. The number of ketones is 1. The molecule has 0 aliphatic carbocycles. The maximum Gasteiger partial charge on any atom is 0.295 e. The van der Waals surface area contributed by atoms with E-state index in [4.69, 9.17) is 9.47 Å². The van der Waals surface area contributed by atoms with Crippen LogP contribution in [0, 0.1) is 0 Å². The first-order chi connectivity index (χ1) is 17.4.